The monoisotopic (exact) mass is 451 g/mol. The number of hydrogen-bond donors (Lipinski definition) is 1. The molecule has 5 rings (SSSR count). The summed E-state index contributed by atoms with van der Waals surface area (Å²) in [7, 11) is 0. The molecular formula is C21H27BrClN3O. The van der Waals surface area contributed by atoms with Gasteiger partial charge in [0.05, 0.1) is 5.02 Å². The lowest BCUT2D eigenvalue weighted by atomic mass is 9.53. The number of halogens is 2. The molecule has 1 heterocycles. The minimum Gasteiger partial charge on any atom is -0.384 e. The minimum atomic E-state index is -0.0672. The van der Waals surface area contributed by atoms with E-state index >= 15 is 0 Å². The van der Waals surface area contributed by atoms with Crippen molar-refractivity contribution in [3.8, 4) is 0 Å². The van der Waals surface area contributed by atoms with Crippen LogP contribution in [-0.4, -0.2) is 16.7 Å². The molecule has 0 amide bonds. The van der Waals surface area contributed by atoms with Gasteiger partial charge in [-0.2, -0.15) is 4.98 Å². The van der Waals surface area contributed by atoms with Crippen LogP contribution < -0.4 is 5.32 Å². The molecule has 3 aliphatic rings. The normalized spacial score (nSPS) is 27.7. The van der Waals surface area contributed by atoms with E-state index < -0.39 is 0 Å². The fourth-order valence-corrected chi connectivity index (χ4v) is 4.98. The lowest BCUT2D eigenvalue weighted by Gasteiger charge is -2.52. The number of rotatable bonds is 4. The Hall–Kier alpha value is -1.07. The number of benzene rings is 1. The van der Waals surface area contributed by atoms with Gasteiger partial charge in [0.1, 0.15) is 0 Å². The summed E-state index contributed by atoms with van der Waals surface area (Å²) in [6.07, 6.45) is 7.06. The molecule has 0 atom stereocenters. The molecule has 6 heteroatoms. The van der Waals surface area contributed by atoms with Crippen molar-refractivity contribution < 1.29 is 4.52 Å². The van der Waals surface area contributed by atoms with Crippen LogP contribution in [0.25, 0.3) is 0 Å². The number of aromatic nitrogens is 2. The Balaban J connectivity index is 1.43. The molecule has 27 heavy (non-hydrogen) atoms. The topological polar surface area (TPSA) is 51.0 Å². The molecular weight excluding hydrogens is 426 g/mol. The fraction of sp³-hybridized carbons (Fsp3) is 0.619. The van der Waals surface area contributed by atoms with E-state index in [4.69, 9.17) is 21.1 Å². The van der Waals surface area contributed by atoms with Gasteiger partial charge in [0.25, 0.3) is 0 Å². The fourth-order valence-electron chi connectivity index (χ4n) is 4.49. The lowest BCUT2D eigenvalue weighted by molar-refractivity contribution is 0.0322. The first-order chi connectivity index (χ1) is 12.7. The van der Waals surface area contributed by atoms with Gasteiger partial charge in [0, 0.05) is 27.5 Å². The summed E-state index contributed by atoms with van der Waals surface area (Å²) in [4.78, 5) is 4.80. The number of nitrogens with zero attached hydrogens (tertiary/aromatic N) is 2. The van der Waals surface area contributed by atoms with Crippen molar-refractivity contribution in [1.82, 2.24) is 10.1 Å². The standard InChI is InChI=1S/C21H27BrClN3O/c1-19(2,3)17-25-18(27-26-17)21-9-6-20(7-10-21,8-11-21)13-24-14-4-5-16(23)15(22)12-14/h4-5,12,24H,6-11,13H2,1-3H3. The molecule has 0 radical (unpaired) electrons. The highest BCUT2D eigenvalue weighted by Gasteiger charge is 2.52. The van der Waals surface area contributed by atoms with Gasteiger partial charge >= 0.3 is 0 Å². The van der Waals surface area contributed by atoms with Gasteiger partial charge in [-0.15, -0.1) is 0 Å². The van der Waals surface area contributed by atoms with Gasteiger partial charge in [0.2, 0.25) is 5.89 Å². The molecule has 0 saturated heterocycles. The molecule has 1 N–H and O–H groups in total. The summed E-state index contributed by atoms with van der Waals surface area (Å²) in [5.41, 5.74) is 1.53. The Kier molecular flexibility index (Phi) is 4.83. The van der Waals surface area contributed by atoms with Crippen LogP contribution in [0.4, 0.5) is 5.69 Å². The first kappa shape index (κ1) is 19.3. The highest BCUT2D eigenvalue weighted by Crippen LogP contribution is 2.57. The van der Waals surface area contributed by atoms with Gasteiger partial charge in [-0.05, 0) is 78.1 Å². The highest BCUT2D eigenvalue weighted by molar-refractivity contribution is 9.10. The predicted molar refractivity (Wildman–Crippen MR) is 112 cm³/mol. The minimum absolute atomic E-state index is 0.0672. The van der Waals surface area contributed by atoms with Crippen molar-refractivity contribution in [3.63, 3.8) is 0 Å². The van der Waals surface area contributed by atoms with Gasteiger partial charge < -0.3 is 9.84 Å². The van der Waals surface area contributed by atoms with Crippen LogP contribution in [0.5, 0.6) is 0 Å². The second kappa shape index (κ2) is 6.77. The molecule has 0 spiro atoms. The molecule has 146 valence electrons. The number of hydrogen-bond acceptors (Lipinski definition) is 4. The van der Waals surface area contributed by atoms with E-state index in [1.807, 2.05) is 12.1 Å². The summed E-state index contributed by atoms with van der Waals surface area (Å²) in [6, 6.07) is 6.04. The molecule has 1 aromatic carbocycles. The zero-order valence-corrected chi connectivity index (χ0v) is 18.6. The number of nitrogens with one attached hydrogen (secondary N) is 1. The van der Waals surface area contributed by atoms with Crippen molar-refractivity contribution in [2.24, 2.45) is 5.41 Å². The van der Waals surface area contributed by atoms with E-state index in [1.54, 1.807) is 0 Å². The van der Waals surface area contributed by atoms with Crippen LogP contribution in [0.2, 0.25) is 5.02 Å². The maximum Gasteiger partial charge on any atom is 0.232 e. The summed E-state index contributed by atoms with van der Waals surface area (Å²) in [5.74, 6) is 1.69. The van der Waals surface area contributed by atoms with Crippen molar-refractivity contribution in [1.29, 1.82) is 0 Å². The average Bonchev–Trinajstić information content (AvgIpc) is 3.16. The summed E-state index contributed by atoms with van der Waals surface area (Å²) < 4.78 is 6.68. The molecule has 3 saturated carbocycles. The summed E-state index contributed by atoms with van der Waals surface area (Å²) in [6.45, 7) is 7.40. The van der Waals surface area contributed by atoms with Gasteiger partial charge in [-0.1, -0.05) is 37.5 Å². The maximum absolute atomic E-state index is 6.10. The third kappa shape index (κ3) is 3.65. The molecule has 2 bridgehead atoms. The molecule has 4 nitrogen and oxygen atoms in total. The quantitative estimate of drug-likeness (QED) is 0.576. The zero-order valence-electron chi connectivity index (χ0n) is 16.2. The van der Waals surface area contributed by atoms with E-state index in [1.165, 1.54) is 19.3 Å². The summed E-state index contributed by atoms with van der Waals surface area (Å²) in [5, 5.41) is 8.65. The average molecular weight is 453 g/mol. The van der Waals surface area contributed by atoms with Gasteiger partial charge in [0.15, 0.2) is 5.82 Å². The van der Waals surface area contributed by atoms with E-state index in [0.717, 1.165) is 52.7 Å². The smallest absolute Gasteiger partial charge is 0.232 e. The Bertz CT molecular complexity index is 818. The Labute approximate surface area is 174 Å². The Morgan fingerprint density at radius 2 is 1.81 bits per heavy atom. The molecule has 0 aliphatic heterocycles. The van der Waals surface area contributed by atoms with E-state index in [-0.39, 0.29) is 10.8 Å². The van der Waals surface area contributed by atoms with Gasteiger partial charge in [-0.25, -0.2) is 0 Å². The van der Waals surface area contributed by atoms with Crippen molar-refractivity contribution >= 4 is 33.2 Å². The second-order valence-corrected chi connectivity index (χ2v) is 10.7. The molecule has 3 aliphatic carbocycles. The molecule has 0 unspecified atom stereocenters. The Morgan fingerprint density at radius 3 is 2.37 bits per heavy atom. The number of anilines is 1. The predicted octanol–water partition coefficient (Wildman–Crippen LogP) is 6.49. The van der Waals surface area contributed by atoms with E-state index in [0.29, 0.717) is 5.41 Å². The third-order valence-electron chi connectivity index (χ3n) is 6.54. The summed E-state index contributed by atoms with van der Waals surface area (Å²) >= 11 is 9.60. The SMILES string of the molecule is CC(C)(C)c1noc(C23CCC(CNc4ccc(Cl)c(Br)c4)(CC2)CC3)n1. The van der Waals surface area contributed by atoms with Crippen LogP contribution in [0.1, 0.15) is 71.0 Å². The molecule has 2 aromatic rings. The third-order valence-corrected chi connectivity index (χ3v) is 7.75. The van der Waals surface area contributed by atoms with Crippen molar-refractivity contribution in [2.75, 3.05) is 11.9 Å². The Morgan fingerprint density at radius 1 is 1.15 bits per heavy atom. The largest absolute Gasteiger partial charge is 0.384 e. The first-order valence-corrected chi connectivity index (χ1v) is 10.9. The van der Waals surface area contributed by atoms with Crippen molar-refractivity contribution in [3.05, 3.63) is 39.4 Å². The second-order valence-electron chi connectivity index (χ2n) is 9.44. The van der Waals surface area contributed by atoms with Gasteiger partial charge in [-0.3, -0.25) is 0 Å². The zero-order chi connectivity index (χ0) is 19.3. The van der Waals surface area contributed by atoms with E-state index in [9.17, 15) is 0 Å². The lowest BCUT2D eigenvalue weighted by Crippen LogP contribution is -2.47. The van der Waals surface area contributed by atoms with E-state index in [2.05, 4.69) is 53.2 Å². The van der Waals surface area contributed by atoms with Crippen LogP contribution >= 0.6 is 27.5 Å². The number of fused-ring (bicyclic) bond motifs is 3. The first-order valence-electron chi connectivity index (χ1n) is 9.75. The maximum atomic E-state index is 6.10. The van der Waals surface area contributed by atoms with Crippen LogP contribution in [-0.2, 0) is 10.8 Å². The van der Waals surface area contributed by atoms with Crippen LogP contribution in [0.15, 0.2) is 27.2 Å². The van der Waals surface area contributed by atoms with Crippen LogP contribution in [0.3, 0.4) is 0 Å². The van der Waals surface area contributed by atoms with Crippen LogP contribution in [0, 0.1) is 5.41 Å². The van der Waals surface area contributed by atoms with Crippen molar-refractivity contribution in [2.45, 2.75) is 70.1 Å². The molecule has 1 aromatic heterocycles. The highest BCUT2D eigenvalue weighted by atomic mass is 79.9. The molecule has 3 fully saturated rings.